The minimum atomic E-state index is -0.576. The first-order valence-electron chi connectivity index (χ1n) is 11.0. The summed E-state index contributed by atoms with van der Waals surface area (Å²) in [6.45, 7) is 3.85. The second-order valence-corrected chi connectivity index (χ2v) is 8.51. The lowest BCUT2D eigenvalue weighted by Crippen LogP contribution is -2.48. The van der Waals surface area contributed by atoms with E-state index in [1.54, 1.807) is 37.4 Å². The monoisotopic (exact) mass is 491 g/mol. The van der Waals surface area contributed by atoms with Crippen LogP contribution in [-0.2, 0) is 4.79 Å². The van der Waals surface area contributed by atoms with Crippen LogP contribution in [-0.4, -0.2) is 25.2 Å². The average molecular weight is 492 g/mol. The first kappa shape index (κ1) is 24.2. The van der Waals surface area contributed by atoms with Crippen LogP contribution in [0.1, 0.15) is 24.1 Å². The largest absolute Gasteiger partial charge is 0.497 e. The van der Waals surface area contributed by atoms with Crippen LogP contribution in [0, 0.1) is 12.7 Å². The number of nitrogens with one attached hydrogen (secondary N) is 2. The Bertz CT molecular complexity index is 1310. The van der Waals surface area contributed by atoms with Crippen LogP contribution in [0.5, 0.6) is 11.5 Å². The fourth-order valence-corrected chi connectivity index (χ4v) is 4.47. The Balaban J connectivity index is 1.80. The van der Waals surface area contributed by atoms with Gasteiger partial charge in [0, 0.05) is 17.5 Å². The van der Waals surface area contributed by atoms with Crippen LogP contribution in [0.3, 0.4) is 0 Å². The number of hydrogen-bond donors (Lipinski definition) is 2. The number of methoxy groups -OCH3 is 2. The fraction of sp³-hybridized carbons (Fsp3) is 0.185. The summed E-state index contributed by atoms with van der Waals surface area (Å²) < 4.78 is 24.4. The maximum Gasteiger partial charge on any atom is 0.255 e. The standard InChI is InChI=1S/C27H26FN3O3S/c1-16-6-5-7-20(14-16)31-17(2)24(25(30-27(31)35)18-8-10-19(28)11-9-18)26(32)29-22-13-12-21(33-3)15-23(22)34-4/h5-15,25H,1-4H3,(H,29,32)(H,30,35). The Labute approximate surface area is 209 Å². The molecule has 0 fully saturated rings. The molecule has 3 aromatic rings. The van der Waals surface area contributed by atoms with Crippen molar-refractivity contribution in [1.82, 2.24) is 5.32 Å². The topological polar surface area (TPSA) is 62.8 Å². The number of benzene rings is 3. The number of thiocarbonyl (C=S) groups is 1. The van der Waals surface area contributed by atoms with Gasteiger partial charge in [0.1, 0.15) is 17.3 Å². The Hall–Kier alpha value is -3.91. The van der Waals surface area contributed by atoms with Gasteiger partial charge in [0.05, 0.1) is 31.5 Å². The van der Waals surface area contributed by atoms with Crippen molar-refractivity contribution in [2.45, 2.75) is 19.9 Å². The Morgan fingerprint density at radius 1 is 1.03 bits per heavy atom. The number of aryl methyl sites for hydroxylation is 1. The lowest BCUT2D eigenvalue weighted by atomic mass is 9.94. The minimum absolute atomic E-state index is 0.340. The first-order valence-corrected chi connectivity index (χ1v) is 11.4. The third-order valence-corrected chi connectivity index (χ3v) is 6.15. The number of halogens is 1. The normalized spacial score (nSPS) is 15.5. The zero-order chi connectivity index (χ0) is 25.1. The number of carbonyl (C=O) groups excluding carboxylic acids is 1. The summed E-state index contributed by atoms with van der Waals surface area (Å²) in [6, 6.07) is 18.5. The van der Waals surface area contributed by atoms with Gasteiger partial charge in [-0.15, -0.1) is 0 Å². The maximum absolute atomic E-state index is 13.8. The first-order chi connectivity index (χ1) is 16.8. The average Bonchev–Trinajstić information content (AvgIpc) is 2.84. The molecule has 0 saturated heterocycles. The van der Waals surface area contributed by atoms with Gasteiger partial charge in [-0.2, -0.15) is 0 Å². The Morgan fingerprint density at radius 2 is 1.77 bits per heavy atom. The number of amides is 1. The van der Waals surface area contributed by atoms with Gasteiger partial charge in [0.2, 0.25) is 0 Å². The van der Waals surface area contributed by atoms with Gasteiger partial charge in [-0.05, 0) is 73.6 Å². The smallest absolute Gasteiger partial charge is 0.255 e. The van der Waals surface area contributed by atoms with Crippen LogP contribution >= 0.6 is 12.2 Å². The molecule has 35 heavy (non-hydrogen) atoms. The molecule has 4 rings (SSSR count). The number of nitrogens with zero attached hydrogens (tertiary/aromatic N) is 1. The van der Waals surface area contributed by atoms with E-state index in [1.807, 2.05) is 43.0 Å². The van der Waals surface area contributed by atoms with Crippen molar-refractivity contribution in [3.63, 3.8) is 0 Å². The maximum atomic E-state index is 13.8. The number of hydrogen-bond acceptors (Lipinski definition) is 4. The van der Waals surface area contributed by atoms with Crippen molar-refractivity contribution in [3.8, 4) is 11.5 Å². The van der Waals surface area contributed by atoms with Crippen LogP contribution < -0.4 is 25.0 Å². The highest BCUT2D eigenvalue weighted by atomic mass is 32.1. The lowest BCUT2D eigenvalue weighted by molar-refractivity contribution is -0.113. The second kappa shape index (κ2) is 10.1. The van der Waals surface area contributed by atoms with Crippen LogP contribution in [0.15, 0.2) is 78.0 Å². The van der Waals surface area contributed by atoms with Crippen LogP contribution in [0.4, 0.5) is 15.8 Å². The molecule has 1 amide bonds. The van der Waals surface area contributed by atoms with Crippen molar-refractivity contribution < 1.29 is 18.7 Å². The van der Waals surface area contributed by atoms with Gasteiger partial charge in [-0.25, -0.2) is 4.39 Å². The van der Waals surface area contributed by atoms with Crippen molar-refractivity contribution >= 4 is 34.6 Å². The molecule has 0 bridgehead atoms. The van der Waals surface area contributed by atoms with Crippen molar-refractivity contribution in [2.75, 3.05) is 24.4 Å². The highest BCUT2D eigenvalue weighted by Crippen LogP contribution is 2.36. The van der Waals surface area contributed by atoms with Crippen molar-refractivity contribution in [1.29, 1.82) is 0 Å². The molecule has 1 aliphatic heterocycles. The van der Waals surface area contributed by atoms with Gasteiger partial charge in [-0.3, -0.25) is 9.69 Å². The molecule has 3 aromatic carbocycles. The highest BCUT2D eigenvalue weighted by molar-refractivity contribution is 7.80. The van der Waals surface area contributed by atoms with Gasteiger partial charge in [-0.1, -0.05) is 24.3 Å². The predicted molar refractivity (Wildman–Crippen MR) is 139 cm³/mol. The summed E-state index contributed by atoms with van der Waals surface area (Å²) in [5.41, 5.74) is 4.22. The minimum Gasteiger partial charge on any atom is -0.497 e. The summed E-state index contributed by atoms with van der Waals surface area (Å²) in [6.07, 6.45) is 0. The van der Waals surface area contributed by atoms with E-state index in [9.17, 15) is 9.18 Å². The second-order valence-electron chi connectivity index (χ2n) is 8.13. The molecule has 0 saturated carbocycles. The molecule has 0 aliphatic carbocycles. The summed E-state index contributed by atoms with van der Waals surface area (Å²) in [5, 5.41) is 6.69. The van der Waals surface area contributed by atoms with E-state index in [1.165, 1.54) is 19.2 Å². The molecule has 1 atom stereocenters. The van der Waals surface area contributed by atoms with Crippen molar-refractivity contribution in [2.24, 2.45) is 0 Å². The third-order valence-electron chi connectivity index (χ3n) is 5.85. The third kappa shape index (κ3) is 4.97. The number of carbonyl (C=O) groups is 1. The summed E-state index contributed by atoms with van der Waals surface area (Å²) in [5.74, 6) is 0.370. The molecule has 1 aliphatic rings. The molecule has 1 unspecified atom stereocenters. The molecule has 8 heteroatoms. The fourth-order valence-electron chi connectivity index (χ4n) is 4.11. The molecule has 6 nitrogen and oxygen atoms in total. The van der Waals surface area contributed by atoms with E-state index < -0.39 is 6.04 Å². The lowest BCUT2D eigenvalue weighted by Gasteiger charge is -2.38. The Morgan fingerprint density at radius 3 is 2.43 bits per heavy atom. The summed E-state index contributed by atoms with van der Waals surface area (Å²) in [4.78, 5) is 15.6. The molecule has 1 heterocycles. The van der Waals surface area contributed by atoms with E-state index in [4.69, 9.17) is 21.7 Å². The molecule has 0 spiro atoms. The van der Waals surface area contributed by atoms with Gasteiger partial charge in [0.25, 0.3) is 5.91 Å². The number of rotatable bonds is 6. The molecule has 0 aromatic heterocycles. The Kier molecular flexibility index (Phi) is 7.02. The van der Waals surface area contributed by atoms with E-state index >= 15 is 0 Å². The molecular weight excluding hydrogens is 465 g/mol. The zero-order valence-corrected chi connectivity index (χ0v) is 20.7. The van der Waals surface area contributed by atoms with Gasteiger partial charge in [0.15, 0.2) is 5.11 Å². The molecule has 180 valence electrons. The van der Waals surface area contributed by atoms with Gasteiger partial charge < -0.3 is 20.1 Å². The van der Waals surface area contributed by atoms with Crippen molar-refractivity contribution in [3.05, 3.63) is 94.9 Å². The molecule has 2 N–H and O–H groups in total. The summed E-state index contributed by atoms with van der Waals surface area (Å²) >= 11 is 5.71. The van der Waals surface area contributed by atoms with Crippen LogP contribution in [0.2, 0.25) is 0 Å². The molecule has 0 radical (unpaired) electrons. The van der Waals surface area contributed by atoms with E-state index in [2.05, 4.69) is 10.6 Å². The van der Waals surface area contributed by atoms with E-state index in [-0.39, 0.29) is 11.7 Å². The van der Waals surface area contributed by atoms with Gasteiger partial charge >= 0.3 is 0 Å². The summed E-state index contributed by atoms with van der Waals surface area (Å²) in [7, 11) is 3.08. The SMILES string of the molecule is COc1ccc(NC(=O)C2=C(C)N(c3cccc(C)c3)C(=S)NC2c2ccc(F)cc2)c(OC)c1. The molecular formula is C27H26FN3O3S. The zero-order valence-electron chi connectivity index (χ0n) is 19.9. The number of anilines is 2. The number of ether oxygens (including phenoxy) is 2. The quantitative estimate of drug-likeness (QED) is 0.444. The van der Waals surface area contributed by atoms with Crippen LogP contribution in [0.25, 0.3) is 0 Å². The highest BCUT2D eigenvalue weighted by Gasteiger charge is 2.35. The van der Waals surface area contributed by atoms with E-state index in [0.29, 0.717) is 39.1 Å². The predicted octanol–water partition coefficient (Wildman–Crippen LogP) is 5.50. The van der Waals surface area contributed by atoms with E-state index in [0.717, 1.165) is 11.3 Å². The number of allylic oxidation sites excluding steroid dienone is 1.